The van der Waals surface area contributed by atoms with Crippen LogP contribution in [-0.2, 0) is 12.3 Å². The molecular weight excluding hydrogens is 234 g/mol. The number of benzene rings is 1. The fourth-order valence-electron chi connectivity index (χ4n) is 1.72. The van der Waals surface area contributed by atoms with E-state index in [4.69, 9.17) is 16.0 Å². The molecule has 0 atom stereocenters. The molecular formula is C14H16ClNO. The maximum Gasteiger partial charge on any atom is 0.209 e. The summed E-state index contributed by atoms with van der Waals surface area (Å²) < 4.78 is 5.50. The first-order chi connectivity index (χ1) is 8.33. The Kier molecular flexibility index (Phi) is 4.21. The molecule has 0 aliphatic heterocycles. The SMILES string of the molecule is CCCCc1ccc(-c2cnc(CCl)o2)cc1. The first-order valence-electron chi connectivity index (χ1n) is 5.93. The predicted molar refractivity (Wildman–Crippen MR) is 70.1 cm³/mol. The highest BCUT2D eigenvalue weighted by Crippen LogP contribution is 2.21. The zero-order valence-electron chi connectivity index (χ0n) is 9.95. The van der Waals surface area contributed by atoms with Gasteiger partial charge in [-0.2, -0.15) is 0 Å². The van der Waals surface area contributed by atoms with Crippen molar-refractivity contribution in [1.82, 2.24) is 4.98 Å². The van der Waals surface area contributed by atoms with E-state index in [9.17, 15) is 0 Å². The third kappa shape index (κ3) is 3.10. The minimum Gasteiger partial charge on any atom is -0.439 e. The van der Waals surface area contributed by atoms with Crippen molar-refractivity contribution in [2.24, 2.45) is 0 Å². The molecule has 0 unspecified atom stereocenters. The maximum atomic E-state index is 5.65. The van der Waals surface area contributed by atoms with Crippen molar-refractivity contribution in [3.05, 3.63) is 41.9 Å². The molecule has 0 amide bonds. The molecule has 0 aliphatic rings. The number of halogens is 1. The lowest BCUT2D eigenvalue weighted by Gasteiger charge is -2.01. The monoisotopic (exact) mass is 249 g/mol. The minimum absolute atomic E-state index is 0.314. The van der Waals surface area contributed by atoms with Gasteiger partial charge < -0.3 is 4.42 Å². The zero-order valence-corrected chi connectivity index (χ0v) is 10.7. The molecule has 0 saturated heterocycles. The fourth-order valence-corrected chi connectivity index (χ4v) is 1.85. The first-order valence-corrected chi connectivity index (χ1v) is 6.47. The molecule has 2 nitrogen and oxygen atoms in total. The smallest absolute Gasteiger partial charge is 0.209 e. The van der Waals surface area contributed by atoms with Gasteiger partial charge in [0.15, 0.2) is 5.76 Å². The molecule has 3 heteroatoms. The Balaban J connectivity index is 2.11. The summed E-state index contributed by atoms with van der Waals surface area (Å²) in [6.45, 7) is 2.20. The number of hydrogen-bond acceptors (Lipinski definition) is 2. The summed E-state index contributed by atoms with van der Waals surface area (Å²) in [5.74, 6) is 1.66. The van der Waals surface area contributed by atoms with Crippen LogP contribution >= 0.6 is 11.6 Å². The molecule has 0 saturated carbocycles. The van der Waals surface area contributed by atoms with Crippen molar-refractivity contribution in [2.75, 3.05) is 0 Å². The lowest BCUT2D eigenvalue weighted by molar-refractivity contribution is 0.529. The number of hydrogen-bond donors (Lipinski definition) is 0. The summed E-state index contributed by atoms with van der Waals surface area (Å²) in [6, 6.07) is 8.44. The molecule has 0 fully saturated rings. The van der Waals surface area contributed by atoms with Gasteiger partial charge >= 0.3 is 0 Å². The number of alkyl halides is 1. The van der Waals surface area contributed by atoms with Crippen LogP contribution in [0.25, 0.3) is 11.3 Å². The molecule has 17 heavy (non-hydrogen) atoms. The molecule has 1 aromatic carbocycles. The van der Waals surface area contributed by atoms with Gasteiger partial charge in [0.25, 0.3) is 0 Å². The molecule has 2 aromatic rings. The van der Waals surface area contributed by atoms with E-state index in [-0.39, 0.29) is 0 Å². The maximum absolute atomic E-state index is 5.65. The standard InChI is InChI=1S/C14H16ClNO/c1-2-3-4-11-5-7-12(8-6-11)13-10-16-14(9-15)17-13/h5-8,10H,2-4,9H2,1H3. The van der Waals surface area contributed by atoms with Crippen LogP contribution < -0.4 is 0 Å². The first kappa shape index (κ1) is 12.2. The van der Waals surface area contributed by atoms with Crippen molar-refractivity contribution in [1.29, 1.82) is 0 Å². The summed E-state index contributed by atoms with van der Waals surface area (Å²) in [5.41, 5.74) is 2.42. The molecule has 0 radical (unpaired) electrons. The molecule has 0 N–H and O–H groups in total. The van der Waals surface area contributed by atoms with Crippen LogP contribution in [0.4, 0.5) is 0 Å². The van der Waals surface area contributed by atoms with Gasteiger partial charge in [0, 0.05) is 5.56 Å². The Morgan fingerprint density at radius 3 is 2.59 bits per heavy atom. The van der Waals surface area contributed by atoms with E-state index in [0.717, 1.165) is 17.7 Å². The molecule has 0 aliphatic carbocycles. The number of unbranched alkanes of at least 4 members (excludes halogenated alkanes) is 1. The molecule has 1 aromatic heterocycles. The predicted octanol–water partition coefficient (Wildman–Crippen LogP) is 4.42. The number of nitrogens with zero attached hydrogens (tertiary/aromatic N) is 1. The minimum atomic E-state index is 0.314. The van der Waals surface area contributed by atoms with Gasteiger partial charge in [-0.05, 0) is 18.4 Å². The van der Waals surface area contributed by atoms with Crippen LogP contribution in [0.3, 0.4) is 0 Å². The zero-order chi connectivity index (χ0) is 12.1. The highest BCUT2D eigenvalue weighted by molar-refractivity contribution is 6.16. The van der Waals surface area contributed by atoms with Gasteiger partial charge in [0.1, 0.15) is 0 Å². The Labute approximate surface area is 107 Å². The van der Waals surface area contributed by atoms with E-state index in [2.05, 4.69) is 36.2 Å². The Morgan fingerprint density at radius 1 is 1.24 bits per heavy atom. The van der Waals surface area contributed by atoms with Crippen LogP contribution in [0.15, 0.2) is 34.9 Å². The number of aromatic nitrogens is 1. The number of aryl methyl sites for hydroxylation is 1. The van der Waals surface area contributed by atoms with Crippen molar-refractivity contribution in [2.45, 2.75) is 32.1 Å². The second-order valence-electron chi connectivity index (χ2n) is 4.05. The normalized spacial score (nSPS) is 10.7. The third-order valence-electron chi connectivity index (χ3n) is 2.73. The van der Waals surface area contributed by atoms with Gasteiger partial charge in [-0.25, -0.2) is 4.98 Å². The van der Waals surface area contributed by atoms with E-state index in [0.29, 0.717) is 11.8 Å². The van der Waals surface area contributed by atoms with Crippen LogP contribution in [0.1, 0.15) is 31.2 Å². The van der Waals surface area contributed by atoms with Crippen molar-refractivity contribution >= 4 is 11.6 Å². The Hall–Kier alpha value is -1.28. The summed E-state index contributed by atoms with van der Waals surface area (Å²) in [4.78, 5) is 4.08. The van der Waals surface area contributed by atoms with Crippen molar-refractivity contribution < 1.29 is 4.42 Å². The summed E-state index contributed by atoms with van der Waals surface area (Å²) in [6.07, 6.45) is 5.32. The fraction of sp³-hybridized carbons (Fsp3) is 0.357. The van der Waals surface area contributed by atoms with E-state index in [1.165, 1.54) is 18.4 Å². The van der Waals surface area contributed by atoms with Crippen molar-refractivity contribution in [3.63, 3.8) is 0 Å². The van der Waals surface area contributed by atoms with Crippen LogP contribution in [0.5, 0.6) is 0 Å². The van der Waals surface area contributed by atoms with Gasteiger partial charge in [-0.3, -0.25) is 0 Å². The van der Waals surface area contributed by atoms with Gasteiger partial charge in [-0.15, -0.1) is 11.6 Å². The van der Waals surface area contributed by atoms with Gasteiger partial charge in [0.2, 0.25) is 5.89 Å². The lowest BCUT2D eigenvalue weighted by Crippen LogP contribution is -1.84. The van der Waals surface area contributed by atoms with Gasteiger partial charge in [0.05, 0.1) is 12.1 Å². The van der Waals surface area contributed by atoms with Crippen LogP contribution in [-0.4, -0.2) is 4.98 Å². The Bertz CT molecular complexity index is 461. The lowest BCUT2D eigenvalue weighted by atomic mass is 10.1. The topological polar surface area (TPSA) is 26.0 Å². The molecule has 0 spiro atoms. The number of oxazole rings is 1. The van der Waals surface area contributed by atoms with E-state index in [1.807, 2.05) is 0 Å². The van der Waals surface area contributed by atoms with E-state index >= 15 is 0 Å². The largest absolute Gasteiger partial charge is 0.439 e. The third-order valence-corrected chi connectivity index (χ3v) is 2.95. The second-order valence-corrected chi connectivity index (χ2v) is 4.32. The Morgan fingerprint density at radius 2 is 2.00 bits per heavy atom. The summed E-state index contributed by atoms with van der Waals surface area (Å²) in [5, 5.41) is 0. The summed E-state index contributed by atoms with van der Waals surface area (Å²) >= 11 is 5.65. The van der Waals surface area contributed by atoms with Crippen molar-refractivity contribution in [3.8, 4) is 11.3 Å². The summed E-state index contributed by atoms with van der Waals surface area (Å²) in [7, 11) is 0. The van der Waals surface area contributed by atoms with Gasteiger partial charge in [-0.1, -0.05) is 37.6 Å². The van der Waals surface area contributed by atoms with Crippen LogP contribution in [0.2, 0.25) is 0 Å². The molecule has 1 heterocycles. The van der Waals surface area contributed by atoms with E-state index < -0.39 is 0 Å². The molecule has 2 rings (SSSR count). The number of rotatable bonds is 5. The van der Waals surface area contributed by atoms with Crippen LogP contribution in [0, 0.1) is 0 Å². The molecule has 90 valence electrons. The highest BCUT2D eigenvalue weighted by atomic mass is 35.5. The molecule has 0 bridgehead atoms. The highest BCUT2D eigenvalue weighted by Gasteiger charge is 2.05. The average Bonchev–Trinajstić information content (AvgIpc) is 2.86. The average molecular weight is 250 g/mol. The van der Waals surface area contributed by atoms with E-state index in [1.54, 1.807) is 6.20 Å². The quantitative estimate of drug-likeness (QED) is 0.733. The second kappa shape index (κ2) is 5.87.